The number of piperidine rings is 1. The number of unbranched alkanes of at least 4 members (excludes halogenated alkanes) is 1. The third-order valence-corrected chi connectivity index (χ3v) is 3.52. The Balaban J connectivity index is 2.08. The van der Waals surface area contributed by atoms with E-state index in [4.69, 9.17) is 5.11 Å². The Kier molecular flexibility index (Phi) is 6.22. The quantitative estimate of drug-likeness (QED) is 0.650. The number of nitrogens with one attached hydrogen (secondary N) is 1. The molecule has 0 spiro atoms. The van der Waals surface area contributed by atoms with Crippen LogP contribution in [0, 0.1) is 5.92 Å². The van der Waals surface area contributed by atoms with Crippen molar-refractivity contribution in [2.75, 3.05) is 33.3 Å². The van der Waals surface area contributed by atoms with E-state index < -0.39 is 0 Å². The molecule has 15 heavy (non-hydrogen) atoms. The van der Waals surface area contributed by atoms with Gasteiger partial charge in [-0.15, -0.1) is 0 Å². The molecule has 0 aliphatic carbocycles. The van der Waals surface area contributed by atoms with Gasteiger partial charge < -0.3 is 15.3 Å². The molecule has 2 N–H and O–H groups in total. The maximum Gasteiger partial charge on any atom is 0.0431 e. The first-order valence-corrected chi connectivity index (χ1v) is 6.27. The van der Waals surface area contributed by atoms with E-state index in [1.807, 2.05) is 0 Å². The summed E-state index contributed by atoms with van der Waals surface area (Å²) < 4.78 is 0. The summed E-state index contributed by atoms with van der Waals surface area (Å²) in [7, 11) is 2.20. The summed E-state index contributed by atoms with van der Waals surface area (Å²) in [6.07, 6.45) is 4.66. The molecule has 1 fully saturated rings. The van der Waals surface area contributed by atoms with Crippen molar-refractivity contribution in [2.45, 2.75) is 38.6 Å². The summed E-state index contributed by atoms with van der Waals surface area (Å²) >= 11 is 0. The second-order valence-corrected chi connectivity index (χ2v) is 4.81. The lowest BCUT2D eigenvalue weighted by molar-refractivity contribution is 0.189. The summed E-state index contributed by atoms with van der Waals surface area (Å²) in [5.41, 5.74) is 0. The average molecular weight is 214 g/mol. The minimum atomic E-state index is 0.324. The van der Waals surface area contributed by atoms with E-state index in [0.717, 1.165) is 25.3 Å². The van der Waals surface area contributed by atoms with Gasteiger partial charge in [0.2, 0.25) is 0 Å². The van der Waals surface area contributed by atoms with E-state index in [2.05, 4.69) is 24.2 Å². The van der Waals surface area contributed by atoms with Crippen molar-refractivity contribution in [3.8, 4) is 0 Å². The Labute approximate surface area is 93.9 Å². The monoisotopic (exact) mass is 214 g/mol. The Morgan fingerprint density at radius 2 is 2.00 bits per heavy atom. The summed E-state index contributed by atoms with van der Waals surface area (Å²) in [5, 5.41) is 12.2. The van der Waals surface area contributed by atoms with Crippen LogP contribution in [0.5, 0.6) is 0 Å². The number of aliphatic hydroxyl groups is 1. The standard InChI is InChI=1S/C12H26N2O/c1-11(13-7-3-4-10-15)12-5-8-14(2)9-6-12/h11-13,15H,3-10H2,1-2H3. The van der Waals surface area contributed by atoms with Gasteiger partial charge in [0.1, 0.15) is 0 Å². The minimum absolute atomic E-state index is 0.324. The third kappa shape index (κ3) is 4.96. The Morgan fingerprint density at radius 1 is 1.33 bits per heavy atom. The Hall–Kier alpha value is -0.120. The highest BCUT2D eigenvalue weighted by atomic mass is 16.2. The molecular formula is C12H26N2O. The van der Waals surface area contributed by atoms with Crippen LogP contribution in [0.3, 0.4) is 0 Å². The van der Waals surface area contributed by atoms with Crippen LogP contribution in [-0.4, -0.2) is 49.3 Å². The number of aliphatic hydroxyl groups excluding tert-OH is 1. The largest absolute Gasteiger partial charge is 0.396 e. The fourth-order valence-corrected chi connectivity index (χ4v) is 2.26. The second kappa shape index (κ2) is 7.20. The lowest BCUT2D eigenvalue weighted by Crippen LogP contribution is -2.41. The van der Waals surface area contributed by atoms with E-state index >= 15 is 0 Å². The molecule has 1 heterocycles. The van der Waals surface area contributed by atoms with Gasteiger partial charge in [0.05, 0.1) is 0 Å². The van der Waals surface area contributed by atoms with E-state index in [9.17, 15) is 0 Å². The van der Waals surface area contributed by atoms with Crippen LogP contribution in [0.1, 0.15) is 32.6 Å². The molecule has 1 unspecified atom stereocenters. The smallest absolute Gasteiger partial charge is 0.0431 e. The van der Waals surface area contributed by atoms with Crippen LogP contribution in [0.2, 0.25) is 0 Å². The SMILES string of the molecule is CC(NCCCCO)C1CCN(C)CC1. The number of likely N-dealkylation sites (tertiary alicyclic amines) is 1. The highest BCUT2D eigenvalue weighted by Gasteiger charge is 2.21. The van der Waals surface area contributed by atoms with Crippen LogP contribution in [-0.2, 0) is 0 Å². The predicted molar refractivity (Wildman–Crippen MR) is 64.0 cm³/mol. The molecule has 0 aromatic heterocycles. The van der Waals surface area contributed by atoms with Crippen molar-refractivity contribution in [1.82, 2.24) is 10.2 Å². The first kappa shape index (κ1) is 12.9. The molecule has 90 valence electrons. The molecule has 1 rings (SSSR count). The molecule has 3 heteroatoms. The molecule has 0 amide bonds. The Morgan fingerprint density at radius 3 is 2.60 bits per heavy atom. The van der Waals surface area contributed by atoms with Gasteiger partial charge >= 0.3 is 0 Å². The zero-order chi connectivity index (χ0) is 11.1. The molecule has 1 saturated heterocycles. The molecule has 3 nitrogen and oxygen atoms in total. The van der Waals surface area contributed by atoms with Gasteiger partial charge in [-0.3, -0.25) is 0 Å². The molecule has 0 bridgehead atoms. The van der Waals surface area contributed by atoms with Gasteiger partial charge in [-0.2, -0.15) is 0 Å². The molecule has 0 aromatic carbocycles. The molecule has 1 aliphatic heterocycles. The Bertz CT molecular complexity index is 156. The summed E-state index contributed by atoms with van der Waals surface area (Å²) in [6, 6.07) is 0.636. The maximum atomic E-state index is 8.68. The zero-order valence-electron chi connectivity index (χ0n) is 10.2. The van der Waals surface area contributed by atoms with E-state index in [0.29, 0.717) is 12.6 Å². The topological polar surface area (TPSA) is 35.5 Å². The van der Waals surface area contributed by atoms with E-state index in [-0.39, 0.29) is 0 Å². The lowest BCUT2D eigenvalue weighted by atomic mass is 9.90. The predicted octanol–water partition coefficient (Wildman–Crippen LogP) is 1.08. The zero-order valence-corrected chi connectivity index (χ0v) is 10.2. The molecular weight excluding hydrogens is 188 g/mol. The van der Waals surface area contributed by atoms with Crippen molar-refractivity contribution in [2.24, 2.45) is 5.92 Å². The van der Waals surface area contributed by atoms with Crippen molar-refractivity contribution in [3.63, 3.8) is 0 Å². The molecule has 0 aromatic rings. The maximum absolute atomic E-state index is 8.68. The molecule has 0 saturated carbocycles. The summed E-state index contributed by atoms with van der Waals surface area (Å²) in [4.78, 5) is 2.41. The van der Waals surface area contributed by atoms with Gasteiger partial charge in [-0.05, 0) is 65.2 Å². The van der Waals surface area contributed by atoms with Gasteiger partial charge in [0, 0.05) is 12.6 Å². The fraction of sp³-hybridized carbons (Fsp3) is 1.00. The van der Waals surface area contributed by atoms with Gasteiger partial charge in [0.25, 0.3) is 0 Å². The van der Waals surface area contributed by atoms with Crippen molar-refractivity contribution in [3.05, 3.63) is 0 Å². The van der Waals surface area contributed by atoms with E-state index in [1.165, 1.54) is 25.9 Å². The van der Waals surface area contributed by atoms with Crippen LogP contribution < -0.4 is 5.32 Å². The number of hydrogen-bond donors (Lipinski definition) is 2. The van der Waals surface area contributed by atoms with Crippen LogP contribution in [0.15, 0.2) is 0 Å². The number of nitrogens with zero attached hydrogens (tertiary/aromatic N) is 1. The summed E-state index contributed by atoms with van der Waals surface area (Å²) in [6.45, 7) is 6.16. The van der Waals surface area contributed by atoms with Crippen molar-refractivity contribution in [1.29, 1.82) is 0 Å². The number of hydrogen-bond acceptors (Lipinski definition) is 3. The highest BCUT2D eigenvalue weighted by Crippen LogP contribution is 2.19. The van der Waals surface area contributed by atoms with Crippen molar-refractivity contribution < 1.29 is 5.11 Å². The first-order valence-electron chi connectivity index (χ1n) is 6.27. The van der Waals surface area contributed by atoms with Gasteiger partial charge in [0.15, 0.2) is 0 Å². The van der Waals surface area contributed by atoms with Crippen LogP contribution in [0.25, 0.3) is 0 Å². The fourth-order valence-electron chi connectivity index (χ4n) is 2.26. The van der Waals surface area contributed by atoms with Crippen LogP contribution >= 0.6 is 0 Å². The molecule has 1 atom stereocenters. The highest BCUT2D eigenvalue weighted by molar-refractivity contribution is 4.78. The van der Waals surface area contributed by atoms with E-state index in [1.54, 1.807) is 0 Å². The van der Waals surface area contributed by atoms with Gasteiger partial charge in [-0.25, -0.2) is 0 Å². The second-order valence-electron chi connectivity index (χ2n) is 4.81. The first-order chi connectivity index (χ1) is 7.24. The third-order valence-electron chi connectivity index (χ3n) is 3.52. The number of rotatable bonds is 6. The lowest BCUT2D eigenvalue weighted by Gasteiger charge is -2.33. The molecule has 0 radical (unpaired) electrons. The van der Waals surface area contributed by atoms with Crippen LogP contribution in [0.4, 0.5) is 0 Å². The molecule has 1 aliphatic rings. The summed E-state index contributed by atoms with van der Waals surface area (Å²) in [5.74, 6) is 0.843. The minimum Gasteiger partial charge on any atom is -0.396 e. The van der Waals surface area contributed by atoms with Crippen molar-refractivity contribution >= 4 is 0 Å². The average Bonchev–Trinajstić information content (AvgIpc) is 2.25. The normalized spacial score (nSPS) is 21.8. The van der Waals surface area contributed by atoms with Gasteiger partial charge in [-0.1, -0.05) is 0 Å².